The second-order valence-corrected chi connectivity index (χ2v) is 5.17. The lowest BCUT2D eigenvalue weighted by Crippen LogP contribution is -2.42. The highest BCUT2D eigenvalue weighted by atomic mass is 16.5. The topological polar surface area (TPSA) is 21.3 Å². The molecule has 0 aliphatic carbocycles. The summed E-state index contributed by atoms with van der Waals surface area (Å²) < 4.78 is 5.18. The molecule has 1 N–H and O–H groups in total. The van der Waals surface area contributed by atoms with Gasteiger partial charge in [-0.25, -0.2) is 0 Å². The molecule has 0 aliphatic rings. The number of aryl methyl sites for hydroxylation is 2. The molecule has 2 heteroatoms. The summed E-state index contributed by atoms with van der Waals surface area (Å²) >= 11 is 0. The van der Waals surface area contributed by atoms with Crippen LogP contribution in [0.3, 0.4) is 0 Å². The number of nitrogens with one attached hydrogen (secondary N) is 1. The Kier molecular flexibility index (Phi) is 4.51. The molecule has 2 nitrogen and oxygen atoms in total. The minimum atomic E-state index is 0.0202. The summed E-state index contributed by atoms with van der Waals surface area (Å²) in [5, 5.41) is 3.51. The summed E-state index contributed by atoms with van der Waals surface area (Å²) in [5.41, 5.74) is 4.00. The molecule has 0 bridgehead atoms. The van der Waals surface area contributed by atoms with Gasteiger partial charge in [0.1, 0.15) is 0 Å². The van der Waals surface area contributed by atoms with Gasteiger partial charge in [0.05, 0.1) is 6.61 Å². The Bertz CT molecular complexity index is 324. The molecule has 0 radical (unpaired) electrons. The summed E-state index contributed by atoms with van der Waals surface area (Å²) in [4.78, 5) is 0. The first kappa shape index (κ1) is 13.2. The van der Waals surface area contributed by atoms with Crippen molar-refractivity contribution in [1.82, 2.24) is 5.32 Å². The number of hydrogen-bond donors (Lipinski definition) is 1. The average molecular weight is 221 g/mol. The van der Waals surface area contributed by atoms with Gasteiger partial charge in [0, 0.05) is 19.2 Å². The Hall–Kier alpha value is -0.860. The predicted molar refractivity (Wildman–Crippen MR) is 68.7 cm³/mol. The first-order valence-corrected chi connectivity index (χ1v) is 5.74. The number of hydrogen-bond acceptors (Lipinski definition) is 2. The minimum absolute atomic E-state index is 0.0202. The fourth-order valence-electron chi connectivity index (χ4n) is 1.92. The summed E-state index contributed by atoms with van der Waals surface area (Å²) in [6.45, 7) is 10.2. The van der Waals surface area contributed by atoms with Crippen molar-refractivity contribution in [3.63, 3.8) is 0 Å². The second-order valence-electron chi connectivity index (χ2n) is 5.17. The van der Waals surface area contributed by atoms with Gasteiger partial charge in [-0.3, -0.25) is 0 Å². The van der Waals surface area contributed by atoms with Gasteiger partial charge in [-0.15, -0.1) is 0 Å². The summed E-state index contributed by atoms with van der Waals surface area (Å²) in [6.07, 6.45) is 0. The van der Waals surface area contributed by atoms with E-state index in [1.807, 2.05) is 0 Å². The molecule has 0 unspecified atom stereocenters. The second kappa shape index (κ2) is 5.46. The van der Waals surface area contributed by atoms with Crippen LogP contribution in [0.2, 0.25) is 0 Å². The predicted octanol–water partition coefficient (Wildman–Crippen LogP) is 2.82. The first-order chi connectivity index (χ1) is 7.43. The lowest BCUT2D eigenvalue weighted by atomic mass is 10.0. The number of rotatable bonds is 5. The van der Waals surface area contributed by atoms with E-state index in [0.717, 1.165) is 13.2 Å². The summed E-state index contributed by atoms with van der Waals surface area (Å²) in [6, 6.07) is 6.65. The molecule has 90 valence electrons. The zero-order valence-corrected chi connectivity index (χ0v) is 11.1. The molecule has 0 spiro atoms. The van der Waals surface area contributed by atoms with E-state index < -0.39 is 0 Å². The van der Waals surface area contributed by atoms with E-state index in [-0.39, 0.29) is 5.54 Å². The molecular formula is C14H23NO. The highest BCUT2D eigenvalue weighted by Crippen LogP contribution is 2.10. The van der Waals surface area contributed by atoms with E-state index in [1.165, 1.54) is 16.7 Å². The van der Waals surface area contributed by atoms with Gasteiger partial charge in [0.15, 0.2) is 0 Å². The molecule has 1 rings (SSSR count). The monoisotopic (exact) mass is 221 g/mol. The van der Waals surface area contributed by atoms with E-state index in [4.69, 9.17) is 4.74 Å². The van der Waals surface area contributed by atoms with Crippen LogP contribution in [0.4, 0.5) is 0 Å². The molecule has 0 aliphatic heterocycles. The molecule has 0 aromatic heterocycles. The van der Waals surface area contributed by atoms with Crippen molar-refractivity contribution in [1.29, 1.82) is 0 Å². The van der Waals surface area contributed by atoms with E-state index in [0.29, 0.717) is 0 Å². The molecule has 0 fully saturated rings. The molecule has 0 saturated heterocycles. The maximum absolute atomic E-state index is 5.18. The van der Waals surface area contributed by atoms with Crippen molar-refractivity contribution >= 4 is 0 Å². The average Bonchev–Trinajstić information content (AvgIpc) is 2.13. The Balaban J connectivity index is 2.60. The van der Waals surface area contributed by atoms with Crippen LogP contribution in [-0.4, -0.2) is 19.3 Å². The SMILES string of the molecule is COCC(C)(C)NCc1cc(C)cc(C)c1. The first-order valence-electron chi connectivity index (χ1n) is 5.74. The van der Waals surface area contributed by atoms with Gasteiger partial charge < -0.3 is 10.1 Å². The lowest BCUT2D eigenvalue weighted by Gasteiger charge is -2.25. The van der Waals surface area contributed by atoms with Crippen molar-refractivity contribution < 1.29 is 4.74 Å². The van der Waals surface area contributed by atoms with Crippen molar-refractivity contribution in [2.24, 2.45) is 0 Å². The van der Waals surface area contributed by atoms with Gasteiger partial charge in [-0.1, -0.05) is 29.3 Å². The van der Waals surface area contributed by atoms with Crippen molar-refractivity contribution in [3.8, 4) is 0 Å². The Morgan fingerprint density at radius 1 is 1.12 bits per heavy atom. The normalized spacial score (nSPS) is 11.8. The molecule has 0 amide bonds. The maximum Gasteiger partial charge on any atom is 0.0639 e. The van der Waals surface area contributed by atoms with Crippen molar-refractivity contribution in [3.05, 3.63) is 34.9 Å². The Morgan fingerprint density at radius 2 is 1.69 bits per heavy atom. The molecule has 1 aromatic carbocycles. The minimum Gasteiger partial charge on any atom is -0.383 e. The molecule has 0 saturated carbocycles. The molecule has 0 heterocycles. The fraction of sp³-hybridized carbons (Fsp3) is 0.571. The van der Waals surface area contributed by atoms with Gasteiger partial charge in [-0.05, 0) is 33.3 Å². The van der Waals surface area contributed by atoms with E-state index in [2.05, 4.69) is 51.2 Å². The number of benzene rings is 1. The van der Waals surface area contributed by atoms with Crippen LogP contribution in [0.25, 0.3) is 0 Å². The number of ether oxygens (including phenoxy) is 1. The van der Waals surface area contributed by atoms with E-state index in [9.17, 15) is 0 Å². The van der Waals surface area contributed by atoms with Crippen LogP contribution >= 0.6 is 0 Å². The fourth-order valence-corrected chi connectivity index (χ4v) is 1.92. The van der Waals surface area contributed by atoms with Crippen LogP contribution in [0.5, 0.6) is 0 Å². The summed E-state index contributed by atoms with van der Waals surface area (Å²) in [5.74, 6) is 0. The van der Waals surface area contributed by atoms with Gasteiger partial charge >= 0.3 is 0 Å². The lowest BCUT2D eigenvalue weighted by molar-refractivity contribution is 0.128. The zero-order valence-electron chi connectivity index (χ0n) is 11.1. The summed E-state index contributed by atoms with van der Waals surface area (Å²) in [7, 11) is 1.74. The third-order valence-corrected chi connectivity index (χ3v) is 2.56. The van der Waals surface area contributed by atoms with Crippen molar-refractivity contribution in [2.45, 2.75) is 39.8 Å². The van der Waals surface area contributed by atoms with Crippen LogP contribution in [0, 0.1) is 13.8 Å². The smallest absolute Gasteiger partial charge is 0.0639 e. The van der Waals surface area contributed by atoms with Gasteiger partial charge in [-0.2, -0.15) is 0 Å². The molecular weight excluding hydrogens is 198 g/mol. The third-order valence-electron chi connectivity index (χ3n) is 2.56. The van der Waals surface area contributed by atoms with Crippen LogP contribution in [0.1, 0.15) is 30.5 Å². The van der Waals surface area contributed by atoms with Crippen LogP contribution in [0.15, 0.2) is 18.2 Å². The van der Waals surface area contributed by atoms with Crippen molar-refractivity contribution in [2.75, 3.05) is 13.7 Å². The largest absolute Gasteiger partial charge is 0.383 e. The van der Waals surface area contributed by atoms with Gasteiger partial charge in [0.25, 0.3) is 0 Å². The van der Waals surface area contributed by atoms with Gasteiger partial charge in [0.2, 0.25) is 0 Å². The standard InChI is InChI=1S/C14H23NO/c1-11-6-12(2)8-13(7-11)9-15-14(3,4)10-16-5/h6-8,15H,9-10H2,1-5H3. The molecule has 0 atom stereocenters. The highest BCUT2D eigenvalue weighted by molar-refractivity contribution is 5.28. The van der Waals surface area contributed by atoms with E-state index in [1.54, 1.807) is 7.11 Å². The van der Waals surface area contributed by atoms with E-state index >= 15 is 0 Å². The van der Waals surface area contributed by atoms with Crippen LogP contribution in [-0.2, 0) is 11.3 Å². The molecule has 16 heavy (non-hydrogen) atoms. The van der Waals surface area contributed by atoms with Crippen LogP contribution < -0.4 is 5.32 Å². The Labute approximate surface area is 99.0 Å². The zero-order chi connectivity index (χ0) is 12.2. The number of methoxy groups -OCH3 is 1. The maximum atomic E-state index is 5.18. The third kappa shape index (κ3) is 4.33. The quantitative estimate of drug-likeness (QED) is 0.825. The highest BCUT2D eigenvalue weighted by Gasteiger charge is 2.16. The molecule has 1 aromatic rings. The Morgan fingerprint density at radius 3 is 2.19 bits per heavy atom.